The molecule has 11 nitrogen and oxygen atoms in total. The molecule has 5 N–H and O–H groups in total. The average Bonchev–Trinajstić information content (AvgIpc) is 3.02. The molecule has 1 aromatic heterocycles. The van der Waals surface area contributed by atoms with E-state index >= 15 is 0 Å². The second kappa shape index (κ2) is 13.9. The molecule has 0 spiro atoms. The molecule has 1 aromatic carbocycles. The lowest BCUT2D eigenvalue weighted by Gasteiger charge is -2.61. The molecular formula is C35H44N6O5. The van der Waals surface area contributed by atoms with E-state index in [0.29, 0.717) is 17.9 Å². The summed E-state index contributed by atoms with van der Waals surface area (Å²) in [4.78, 5) is 65.2. The SMILES string of the molecule is O=C(/C=C/CC[C@H](NC(=O)c1ccc2c(c1)NCCC2)C(=O)Nc1cccn(CC(=O)NC23CC(C2)C3)c1=O)NC1CCCCC1. The van der Waals surface area contributed by atoms with Crippen LogP contribution in [0.15, 0.2) is 53.5 Å². The first-order valence-corrected chi connectivity index (χ1v) is 16.7. The highest BCUT2D eigenvalue weighted by molar-refractivity contribution is 6.01. The molecule has 2 bridgehead atoms. The predicted molar refractivity (Wildman–Crippen MR) is 175 cm³/mol. The van der Waals surface area contributed by atoms with Gasteiger partial charge in [0.25, 0.3) is 11.5 Å². The number of aryl methyl sites for hydroxylation is 1. The van der Waals surface area contributed by atoms with Gasteiger partial charge in [0.2, 0.25) is 17.7 Å². The van der Waals surface area contributed by atoms with Gasteiger partial charge < -0.3 is 31.2 Å². The summed E-state index contributed by atoms with van der Waals surface area (Å²) >= 11 is 0. The zero-order valence-corrected chi connectivity index (χ0v) is 26.2. The summed E-state index contributed by atoms with van der Waals surface area (Å²) in [5.74, 6) is -0.648. The van der Waals surface area contributed by atoms with Crippen molar-refractivity contribution in [3.63, 3.8) is 0 Å². The van der Waals surface area contributed by atoms with Gasteiger partial charge in [-0.2, -0.15) is 0 Å². The molecule has 7 rings (SSSR count). The van der Waals surface area contributed by atoms with Gasteiger partial charge in [-0.05, 0) is 99.6 Å². The number of nitrogens with one attached hydrogen (secondary N) is 5. The largest absolute Gasteiger partial charge is 0.385 e. The van der Waals surface area contributed by atoms with E-state index in [4.69, 9.17) is 0 Å². The first-order valence-electron chi connectivity index (χ1n) is 16.7. The molecule has 0 unspecified atom stereocenters. The van der Waals surface area contributed by atoms with E-state index in [1.165, 1.54) is 29.3 Å². The van der Waals surface area contributed by atoms with Crippen molar-refractivity contribution >= 4 is 35.0 Å². The number of carbonyl (C=O) groups is 4. The lowest BCUT2D eigenvalue weighted by molar-refractivity contribution is -0.133. The van der Waals surface area contributed by atoms with Gasteiger partial charge in [-0.25, -0.2) is 0 Å². The van der Waals surface area contributed by atoms with Gasteiger partial charge in [0, 0.05) is 35.6 Å². The maximum Gasteiger partial charge on any atom is 0.274 e. The Morgan fingerprint density at radius 2 is 1.85 bits per heavy atom. The Labute approximate surface area is 269 Å². The minimum absolute atomic E-state index is 0.0189. The molecule has 11 heteroatoms. The van der Waals surface area contributed by atoms with Gasteiger partial charge >= 0.3 is 0 Å². The molecule has 2 heterocycles. The number of nitrogens with zero attached hydrogens (tertiary/aromatic N) is 1. The van der Waals surface area contributed by atoms with Gasteiger partial charge in [0.1, 0.15) is 18.3 Å². The van der Waals surface area contributed by atoms with Gasteiger partial charge in [-0.3, -0.25) is 24.0 Å². The molecule has 244 valence electrons. The fourth-order valence-corrected chi connectivity index (χ4v) is 7.16. The third-order valence-electron chi connectivity index (χ3n) is 9.81. The number of fused-ring (bicyclic) bond motifs is 1. The number of rotatable bonds is 12. The van der Waals surface area contributed by atoms with Crippen LogP contribution in [0.2, 0.25) is 0 Å². The van der Waals surface area contributed by atoms with Crippen molar-refractivity contribution in [2.24, 2.45) is 5.92 Å². The zero-order chi connectivity index (χ0) is 32.1. The van der Waals surface area contributed by atoms with Crippen LogP contribution in [-0.2, 0) is 27.3 Å². The number of allylic oxidation sites excluding steroid dienone is 1. The van der Waals surface area contributed by atoms with E-state index in [1.54, 1.807) is 24.3 Å². The van der Waals surface area contributed by atoms with Crippen molar-refractivity contribution in [2.45, 2.75) is 101 Å². The van der Waals surface area contributed by atoms with Crippen molar-refractivity contribution in [1.82, 2.24) is 20.5 Å². The summed E-state index contributed by atoms with van der Waals surface area (Å²) in [6.07, 6.45) is 15.6. The van der Waals surface area contributed by atoms with Crippen LogP contribution in [0.3, 0.4) is 0 Å². The molecule has 5 aliphatic rings. The number of aromatic nitrogens is 1. The first-order chi connectivity index (χ1) is 22.3. The fourth-order valence-electron chi connectivity index (χ4n) is 7.16. The Morgan fingerprint density at radius 1 is 1.04 bits per heavy atom. The van der Waals surface area contributed by atoms with E-state index in [9.17, 15) is 24.0 Å². The molecule has 4 amide bonds. The van der Waals surface area contributed by atoms with Crippen molar-refractivity contribution in [3.8, 4) is 0 Å². The molecule has 4 fully saturated rings. The third-order valence-corrected chi connectivity index (χ3v) is 9.81. The highest BCUT2D eigenvalue weighted by Crippen LogP contribution is 2.56. The number of benzene rings is 1. The van der Waals surface area contributed by atoms with E-state index in [1.807, 2.05) is 6.07 Å². The van der Waals surface area contributed by atoms with Gasteiger partial charge in [0.05, 0.1) is 0 Å². The number of hydrogen-bond donors (Lipinski definition) is 5. The molecule has 4 aliphatic carbocycles. The van der Waals surface area contributed by atoms with Crippen LogP contribution >= 0.6 is 0 Å². The molecular weight excluding hydrogens is 584 g/mol. The average molecular weight is 629 g/mol. The third kappa shape index (κ3) is 7.51. The maximum atomic E-state index is 13.6. The van der Waals surface area contributed by atoms with E-state index < -0.39 is 23.4 Å². The van der Waals surface area contributed by atoms with Crippen LogP contribution < -0.4 is 32.1 Å². The molecule has 1 aliphatic heterocycles. The summed E-state index contributed by atoms with van der Waals surface area (Å²) < 4.78 is 1.28. The molecule has 0 radical (unpaired) electrons. The van der Waals surface area contributed by atoms with Gasteiger partial charge in [-0.1, -0.05) is 31.4 Å². The Hall–Kier alpha value is -4.41. The van der Waals surface area contributed by atoms with Crippen LogP contribution in [0.5, 0.6) is 0 Å². The number of pyridine rings is 1. The quantitative estimate of drug-likeness (QED) is 0.228. The summed E-state index contributed by atoms with van der Waals surface area (Å²) in [5, 5.41) is 14.9. The van der Waals surface area contributed by atoms with Crippen molar-refractivity contribution in [2.75, 3.05) is 17.2 Å². The Balaban J connectivity index is 1.11. The molecule has 1 atom stereocenters. The molecule has 4 saturated carbocycles. The lowest BCUT2D eigenvalue weighted by atomic mass is 9.50. The highest BCUT2D eigenvalue weighted by atomic mass is 16.2. The standard InChI is InChI=1S/C35H44N6O5/c42-30(37-26-9-2-1-3-10-26)13-5-4-11-27(38-32(44)25-15-14-24-8-6-16-36-29(24)18-25)33(45)39-28-12-7-17-41(34(28)46)22-31(43)40-35-19-23(20-35)21-35/h5,7,12-15,17-18,23,26-27,36H,1-4,6,8-11,16,19-22H2,(H,37,42)(H,38,44)(H,39,45)(H,40,43)/b13-5+/t23?,27-,35?/m0/s1. The van der Waals surface area contributed by atoms with Gasteiger partial charge in [-0.15, -0.1) is 0 Å². The highest BCUT2D eigenvalue weighted by Gasteiger charge is 2.57. The minimum atomic E-state index is -0.983. The van der Waals surface area contributed by atoms with Crippen LogP contribution in [0.4, 0.5) is 11.4 Å². The van der Waals surface area contributed by atoms with E-state index in [-0.39, 0.29) is 42.0 Å². The minimum Gasteiger partial charge on any atom is -0.385 e. The summed E-state index contributed by atoms with van der Waals surface area (Å²) in [7, 11) is 0. The Morgan fingerprint density at radius 3 is 2.61 bits per heavy atom. The number of anilines is 2. The van der Waals surface area contributed by atoms with Crippen molar-refractivity contribution in [1.29, 1.82) is 0 Å². The monoisotopic (exact) mass is 628 g/mol. The number of hydrogen-bond acceptors (Lipinski definition) is 6. The Bertz CT molecular complexity index is 1560. The van der Waals surface area contributed by atoms with E-state index in [2.05, 4.69) is 26.6 Å². The van der Waals surface area contributed by atoms with Crippen LogP contribution in [0.25, 0.3) is 0 Å². The van der Waals surface area contributed by atoms with Crippen LogP contribution in [-0.4, -0.2) is 52.4 Å². The maximum absolute atomic E-state index is 13.6. The number of carbonyl (C=O) groups excluding carboxylic acids is 4. The summed E-state index contributed by atoms with van der Waals surface area (Å²) in [6, 6.07) is 7.77. The normalized spacial score (nSPS) is 22.3. The van der Waals surface area contributed by atoms with Crippen molar-refractivity contribution < 1.29 is 19.2 Å². The van der Waals surface area contributed by atoms with Crippen molar-refractivity contribution in [3.05, 3.63) is 70.2 Å². The van der Waals surface area contributed by atoms with Crippen LogP contribution in [0.1, 0.15) is 86.6 Å². The molecule has 46 heavy (non-hydrogen) atoms. The smallest absolute Gasteiger partial charge is 0.274 e. The number of amides is 4. The first kappa shape index (κ1) is 31.6. The second-order valence-electron chi connectivity index (χ2n) is 13.4. The summed E-state index contributed by atoms with van der Waals surface area (Å²) in [6.45, 7) is 0.691. The van der Waals surface area contributed by atoms with E-state index in [0.717, 1.165) is 75.6 Å². The van der Waals surface area contributed by atoms with Crippen LogP contribution in [0, 0.1) is 5.92 Å². The predicted octanol–water partition coefficient (Wildman–Crippen LogP) is 3.40. The van der Waals surface area contributed by atoms with Gasteiger partial charge in [0.15, 0.2) is 0 Å². The fraction of sp³-hybridized carbons (Fsp3) is 0.514. The summed E-state index contributed by atoms with van der Waals surface area (Å²) in [5.41, 5.74) is 1.90. The Kier molecular flexibility index (Phi) is 9.56. The molecule has 0 saturated heterocycles. The lowest BCUT2D eigenvalue weighted by Crippen LogP contribution is -2.68. The zero-order valence-electron chi connectivity index (χ0n) is 26.2. The second-order valence-corrected chi connectivity index (χ2v) is 13.4. The molecule has 2 aromatic rings. The topological polar surface area (TPSA) is 150 Å².